The number of benzene rings is 1. The fourth-order valence-corrected chi connectivity index (χ4v) is 4.40. The maximum Gasteiger partial charge on any atom is 0.417 e. The predicted octanol–water partition coefficient (Wildman–Crippen LogP) is 2.79. The van der Waals surface area contributed by atoms with Crippen molar-refractivity contribution in [1.29, 1.82) is 0 Å². The molecule has 3 rings (SSSR count). The summed E-state index contributed by atoms with van der Waals surface area (Å²) in [4.78, 5) is 10.0. The number of nitrogens with zero attached hydrogens (tertiary/aromatic N) is 3. The van der Waals surface area contributed by atoms with Gasteiger partial charge in [0.15, 0.2) is 0 Å². The minimum absolute atomic E-state index is 0.101. The van der Waals surface area contributed by atoms with Gasteiger partial charge >= 0.3 is 6.18 Å². The molecule has 1 aliphatic heterocycles. The summed E-state index contributed by atoms with van der Waals surface area (Å²) >= 11 is 0. The van der Waals surface area contributed by atoms with E-state index in [0.29, 0.717) is 11.6 Å². The maximum absolute atomic E-state index is 13.1. The lowest BCUT2D eigenvalue weighted by Crippen LogP contribution is -2.30. The molecule has 11 heteroatoms. The molecule has 1 fully saturated rings. The minimum Gasteiger partial charge on any atom is -0.369 e. The second-order valence-electron chi connectivity index (χ2n) is 6.67. The maximum atomic E-state index is 13.1. The van der Waals surface area contributed by atoms with Gasteiger partial charge in [-0.15, -0.1) is 0 Å². The van der Waals surface area contributed by atoms with Crippen molar-refractivity contribution >= 4 is 21.7 Å². The van der Waals surface area contributed by atoms with Gasteiger partial charge in [-0.05, 0) is 31.9 Å². The van der Waals surface area contributed by atoms with Crippen molar-refractivity contribution in [3.05, 3.63) is 41.7 Å². The Morgan fingerprint density at radius 3 is 2.48 bits per heavy atom. The third kappa shape index (κ3) is 5.36. The summed E-state index contributed by atoms with van der Waals surface area (Å²) in [5.74, 6) is 1.92. The number of aryl methyl sites for hydroxylation is 1. The molecule has 0 amide bonds. The highest BCUT2D eigenvalue weighted by Gasteiger charge is 2.36. The number of halogens is 3. The molecule has 29 heavy (non-hydrogen) atoms. The molecule has 1 aromatic carbocycles. The Hall–Kier alpha value is -2.40. The molecule has 0 spiro atoms. The molecule has 1 aromatic heterocycles. The molecule has 0 saturated carbocycles. The summed E-state index contributed by atoms with van der Waals surface area (Å²) in [6.07, 6.45) is -2.55. The van der Waals surface area contributed by atoms with Crippen molar-refractivity contribution in [2.24, 2.45) is 0 Å². The number of hydrogen-bond acceptors (Lipinski definition) is 6. The van der Waals surface area contributed by atoms with Crippen molar-refractivity contribution in [2.75, 3.05) is 36.4 Å². The standard InChI is InChI=1S/C18H22F3N5O2S/c1-13-24-16(12-17(25-13)26-10-4-5-11-26)22-8-9-23-29(27,28)15-7-3-2-6-14(15)18(19,20)21/h2-3,6-7,12,23H,4-5,8-11H2,1H3,(H,22,24,25). The smallest absolute Gasteiger partial charge is 0.369 e. The lowest BCUT2D eigenvalue weighted by Gasteiger charge is -2.18. The number of sulfonamides is 1. The second-order valence-corrected chi connectivity index (χ2v) is 8.41. The molecule has 0 radical (unpaired) electrons. The van der Waals surface area contributed by atoms with Crippen molar-refractivity contribution in [3.8, 4) is 0 Å². The van der Waals surface area contributed by atoms with E-state index in [0.717, 1.165) is 49.9 Å². The lowest BCUT2D eigenvalue weighted by atomic mass is 10.2. The topological polar surface area (TPSA) is 87.2 Å². The number of nitrogens with one attached hydrogen (secondary N) is 2. The molecule has 0 bridgehead atoms. The van der Waals surface area contributed by atoms with E-state index >= 15 is 0 Å². The Bertz CT molecular complexity index is 960. The van der Waals surface area contributed by atoms with Crippen LogP contribution in [0.4, 0.5) is 24.8 Å². The Labute approximate surface area is 167 Å². The van der Waals surface area contributed by atoms with Crippen LogP contribution in [-0.4, -0.2) is 44.6 Å². The third-order valence-electron chi connectivity index (χ3n) is 4.46. The van der Waals surface area contributed by atoms with E-state index in [1.54, 1.807) is 13.0 Å². The number of alkyl halides is 3. The second kappa shape index (κ2) is 8.54. The van der Waals surface area contributed by atoms with Gasteiger partial charge in [0.1, 0.15) is 17.5 Å². The molecule has 1 saturated heterocycles. The van der Waals surface area contributed by atoms with E-state index in [9.17, 15) is 21.6 Å². The van der Waals surface area contributed by atoms with E-state index in [1.807, 2.05) is 0 Å². The summed E-state index contributed by atoms with van der Waals surface area (Å²) < 4.78 is 66.1. The highest BCUT2D eigenvalue weighted by atomic mass is 32.2. The van der Waals surface area contributed by atoms with Gasteiger partial charge in [-0.25, -0.2) is 23.1 Å². The first-order valence-electron chi connectivity index (χ1n) is 9.17. The van der Waals surface area contributed by atoms with Crippen LogP contribution >= 0.6 is 0 Å². The zero-order chi connectivity index (χ0) is 21.1. The first kappa shape index (κ1) is 21.3. The summed E-state index contributed by atoms with van der Waals surface area (Å²) in [7, 11) is -4.31. The van der Waals surface area contributed by atoms with E-state index in [-0.39, 0.29) is 13.1 Å². The van der Waals surface area contributed by atoms with E-state index in [1.165, 1.54) is 6.07 Å². The van der Waals surface area contributed by atoms with Gasteiger partial charge in [-0.1, -0.05) is 12.1 Å². The molecule has 158 valence electrons. The van der Waals surface area contributed by atoms with Gasteiger partial charge in [0.2, 0.25) is 10.0 Å². The average molecular weight is 429 g/mol. The summed E-state index contributed by atoms with van der Waals surface area (Å²) in [5, 5.41) is 2.99. The van der Waals surface area contributed by atoms with Crippen molar-refractivity contribution in [3.63, 3.8) is 0 Å². The van der Waals surface area contributed by atoms with Gasteiger partial charge in [-0.2, -0.15) is 13.2 Å². The van der Waals surface area contributed by atoms with E-state index < -0.39 is 26.7 Å². The highest BCUT2D eigenvalue weighted by Crippen LogP contribution is 2.33. The summed E-state index contributed by atoms with van der Waals surface area (Å²) in [6, 6.07) is 5.88. The molecular weight excluding hydrogens is 407 g/mol. The number of aromatic nitrogens is 2. The number of rotatable bonds is 7. The average Bonchev–Trinajstić information content (AvgIpc) is 3.19. The number of hydrogen-bond donors (Lipinski definition) is 2. The van der Waals surface area contributed by atoms with Crippen molar-refractivity contribution in [2.45, 2.75) is 30.8 Å². The van der Waals surface area contributed by atoms with Crippen LogP contribution in [0.25, 0.3) is 0 Å². The van der Waals surface area contributed by atoms with Crippen molar-refractivity contribution < 1.29 is 21.6 Å². The third-order valence-corrected chi connectivity index (χ3v) is 5.98. The monoisotopic (exact) mass is 429 g/mol. The molecule has 7 nitrogen and oxygen atoms in total. The molecule has 2 heterocycles. The zero-order valence-corrected chi connectivity index (χ0v) is 16.6. The fraction of sp³-hybridized carbons (Fsp3) is 0.444. The van der Waals surface area contributed by atoms with E-state index in [4.69, 9.17) is 0 Å². The van der Waals surface area contributed by atoms with Gasteiger partial charge in [-0.3, -0.25) is 0 Å². The first-order valence-corrected chi connectivity index (χ1v) is 10.7. The van der Waals surface area contributed by atoms with Crippen LogP contribution in [0.1, 0.15) is 24.2 Å². The van der Waals surface area contributed by atoms with Crippen LogP contribution in [0.15, 0.2) is 35.2 Å². The molecule has 0 atom stereocenters. The SMILES string of the molecule is Cc1nc(NCCNS(=O)(=O)c2ccccc2C(F)(F)F)cc(N2CCCC2)n1. The van der Waals surface area contributed by atoms with Crippen LogP contribution in [0.2, 0.25) is 0 Å². The normalized spacial score (nSPS) is 15.0. The quantitative estimate of drug-likeness (QED) is 0.659. The highest BCUT2D eigenvalue weighted by molar-refractivity contribution is 7.89. The molecule has 1 aliphatic rings. The summed E-state index contributed by atoms with van der Waals surface area (Å²) in [5.41, 5.74) is -1.19. The van der Waals surface area contributed by atoms with Crippen molar-refractivity contribution in [1.82, 2.24) is 14.7 Å². The van der Waals surface area contributed by atoms with Gasteiger partial charge in [0.05, 0.1) is 10.5 Å². The minimum atomic E-state index is -4.76. The van der Waals surface area contributed by atoms with Gasteiger partial charge in [0.25, 0.3) is 0 Å². The van der Waals surface area contributed by atoms with Crippen LogP contribution in [0.3, 0.4) is 0 Å². The summed E-state index contributed by atoms with van der Waals surface area (Å²) in [6.45, 7) is 3.67. The number of anilines is 2. The Kier molecular flexibility index (Phi) is 6.27. The first-order chi connectivity index (χ1) is 13.7. The van der Waals surface area contributed by atoms with Crippen LogP contribution < -0.4 is 14.9 Å². The van der Waals surface area contributed by atoms with E-state index in [2.05, 4.69) is 24.9 Å². The molecule has 2 N–H and O–H groups in total. The zero-order valence-electron chi connectivity index (χ0n) is 15.8. The van der Waals surface area contributed by atoms with Crippen LogP contribution in [-0.2, 0) is 16.2 Å². The molecule has 0 aliphatic carbocycles. The molecule has 2 aromatic rings. The molecular formula is C18H22F3N5O2S. The van der Waals surface area contributed by atoms with Crippen LogP contribution in [0.5, 0.6) is 0 Å². The Morgan fingerprint density at radius 1 is 1.10 bits per heavy atom. The van der Waals surface area contributed by atoms with Gasteiger partial charge in [0, 0.05) is 32.2 Å². The van der Waals surface area contributed by atoms with Crippen LogP contribution in [0, 0.1) is 6.92 Å². The lowest BCUT2D eigenvalue weighted by molar-refractivity contribution is -0.139. The largest absolute Gasteiger partial charge is 0.417 e. The predicted molar refractivity (Wildman–Crippen MR) is 103 cm³/mol. The Balaban J connectivity index is 1.62. The Morgan fingerprint density at radius 2 is 1.79 bits per heavy atom. The molecule has 0 unspecified atom stereocenters. The van der Waals surface area contributed by atoms with Gasteiger partial charge < -0.3 is 10.2 Å². The fourth-order valence-electron chi connectivity index (χ4n) is 3.14.